The zero-order valence-corrected chi connectivity index (χ0v) is 13.7. The van der Waals surface area contributed by atoms with Crippen LogP contribution >= 0.6 is 15.9 Å². The summed E-state index contributed by atoms with van der Waals surface area (Å²) in [6.07, 6.45) is 0. The van der Waals surface area contributed by atoms with Crippen LogP contribution in [0.15, 0.2) is 38.2 Å². The zero-order valence-electron chi connectivity index (χ0n) is 11.3. The first-order chi connectivity index (χ1) is 9.31. The van der Waals surface area contributed by atoms with Gasteiger partial charge in [0.15, 0.2) is 5.76 Å². The number of hydrogen-bond donors (Lipinski definition) is 1. The van der Waals surface area contributed by atoms with E-state index in [9.17, 15) is 8.42 Å². The van der Waals surface area contributed by atoms with Gasteiger partial charge in [0, 0.05) is 10.5 Å². The Bertz CT molecular complexity index is 688. The van der Waals surface area contributed by atoms with Gasteiger partial charge in [0.25, 0.3) is 0 Å². The first-order valence-electron chi connectivity index (χ1n) is 6.02. The number of aromatic nitrogens is 1. The van der Waals surface area contributed by atoms with Gasteiger partial charge in [-0.1, -0.05) is 33.2 Å². The number of rotatable bonds is 4. The zero-order chi connectivity index (χ0) is 14.9. The number of benzene rings is 1. The Morgan fingerprint density at radius 3 is 2.35 bits per heavy atom. The second-order valence-electron chi connectivity index (χ2n) is 4.55. The Morgan fingerprint density at radius 1 is 1.25 bits per heavy atom. The molecule has 20 heavy (non-hydrogen) atoms. The van der Waals surface area contributed by atoms with E-state index >= 15 is 0 Å². The van der Waals surface area contributed by atoms with Crippen molar-refractivity contribution in [3.8, 4) is 0 Å². The summed E-state index contributed by atoms with van der Waals surface area (Å²) in [5, 5.41) is 3.67. The molecule has 1 heterocycles. The molecule has 0 aliphatic carbocycles. The molecule has 0 saturated heterocycles. The van der Waals surface area contributed by atoms with Crippen molar-refractivity contribution in [2.45, 2.75) is 31.7 Å². The molecule has 0 bridgehead atoms. The van der Waals surface area contributed by atoms with Gasteiger partial charge >= 0.3 is 0 Å². The molecule has 5 nitrogen and oxygen atoms in total. The molecule has 0 saturated carbocycles. The topological polar surface area (TPSA) is 72.2 Å². The first-order valence-corrected chi connectivity index (χ1v) is 8.29. The number of halogens is 1. The van der Waals surface area contributed by atoms with E-state index in [4.69, 9.17) is 4.52 Å². The number of nitrogens with zero attached hydrogens (tertiary/aromatic N) is 1. The molecule has 1 aromatic carbocycles. The van der Waals surface area contributed by atoms with Crippen LogP contribution in [0.25, 0.3) is 0 Å². The van der Waals surface area contributed by atoms with Crippen LogP contribution in [0.1, 0.15) is 30.0 Å². The van der Waals surface area contributed by atoms with Crippen LogP contribution in [0.3, 0.4) is 0 Å². The van der Waals surface area contributed by atoms with Gasteiger partial charge in [0.1, 0.15) is 10.6 Å². The van der Waals surface area contributed by atoms with Gasteiger partial charge in [-0.25, -0.2) is 13.1 Å². The van der Waals surface area contributed by atoms with Crippen LogP contribution in [-0.4, -0.2) is 13.6 Å². The van der Waals surface area contributed by atoms with Crippen molar-refractivity contribution in [1.29, 1.82) is 0 Å². The summed E-state index contributed by atoms with van der Waals surface area (Å²) in [5.74, 6) is 0.290. The number of sulfonamides is 1. The van der Waals surface area contributed by atoms with Gasteiger partial charge in [-0.15, -0.1) is 0 Å². The molecule has 7 heteroatoms. The molecular formula is C13H15BrN2O3S. The smallest absolute Gasteiger partial charge is 0.246 e. The average molecular weight is 359 g/mol. The fourth-order valence-electron chi connectivity index (χ4n) is 1.97. The molecule has 0 aliphatic rings. The fraction of sp³-hybridized carbons (Fsp3) is 0.308. The minimum atomic E-state index is -3.65. The third-order valence-electron chi connectivity index (χ3n) is 2.94. The van der Waals surface area contributed by atoms with Gasteiger partial charge in [-0.05, 0) is 38.5 Å². The van der Waals surface area contributed by atoms with Crippen LogP contribution in [0, 0.1) is 13.8 Å². The lowest BCUT2D eigenvalue weighted by Crippen LogP contribution is -2.27. The minimum absolute atomic E-state index is 0.112. The second-order valence-corrected chi connectivity index (χ2v) is 7.11. The summed E-state index contributed by atoms with van der Waals surface area (Å²) >= 11 is 3.35. The van der Waals surface area contributed by atoms with E-state index in [2.05, 4.69) is 25.8 Å². The van der Waals surface area contributed by atoms with Gasteiger partial charge in [-0.3, -0.25) is 0 Å². The number of nitrogens with one attached hydrogen (secondary N) is 1. The normalized spacial score (nSPS) is 13.4. The molecule has 108 valence electrons. The monoisotopic (exact) mass is 358 g/mol. The summed E-state index contributed by atoms with van der Waals surface area (Å²) in [7, 11) is -3.65. The van der Waals surface area contributed by atoms with E-state index in [-0.39, 0.29) is 16.7 Å². The summed E-state index contributed by atoms with van der Waals surface area (Å²) in [6, 6.07) is 7.13. The summed E-state index contributed by atoms with van der Waals surface area (Å²) in [5.41, 5.74) is 1.24. The van der Waals surface area contributed by atoms with Crippen molar-refractivity contribution in [3.63, 3.8) is 0 Å². The van der Waals surface area contributed by atoms with Crippen LogP contribution in [0.5, 0.6) is 0 Å². The molecule has 0 radical (unpaired) electrons. The van der Waals surface area contributed by atoms with Crippen LogP contribution in [0.4, 0.5) is 0 Å². The van der Waals surface area contributed by atoms with E-state index in [1.807, 2.05) is 24.3 Å². The molecule has 0 amide bonds. The van der Waals surface area contributed by atoms with Crippen molar-refractivity contribution in [2.75, 3.05) is 0 Å². The highest BCUT2D eigenvalue weighted by molar-refractivity contribution is 9.10. The van der Waals surface area contributed by atoms with Gasteiger partial charge in [-0.2, -0.15) is 0 Å². The predicted molar refractivity (Wildman–Crippen MR) is 78.9 cm³/mol. The Balaban J connectivity index is 2.27. The summed E-state index contributed by atoms with van der Waals surface area (Å²) in [4.78, 5) is 0.112. The minimum Gasteiger partial charge on any atom is -0.360 e. The highest BCUT2D eigenvalue weighted by Crippen LogP contribution is 2.22. The lowest BCUT2D eigenvalue weighted by Gasteiger charge is -2.14. The molecule has 0 fully saturated rings. The van der Waals surface area contributed by atoms with Gasteiger partial charge < -0.3 is 4.52 Å². The number of hydrogen-bond acceptors (Lipinski definition) is 4. The van der Waals surface area contributed by atoms with Gasteiger partial charge in [0.05, 0.1) is 0 Å². The molecule has 1 N–H and O–H groups in total. The highest BCUT2D eigenvalue weighted by Gasteiger charge is 2.26. The van der Waals surface area contributed by atoms with E-state index in [0.29, 0.717) is 5.69 Å². The van der Waals surface area contributed by atoms with E-state index in [1.165, 1.54) is 0 Å². The molecule has 1 atom stereocenters. The van der Waals surface area contributed by atoms with Crippen LogP contribution < -0.4 is 4.72 Å². The van der Waals surface area contributed by atoms with Crippen molar-refractivity contribution in [3.05, 3.63) is 45.8 Å². The summed E-state index contributed by atoms with van der Waals surface area (Å²) < 4.78 is 33.2. The average Bonchev–Trinajstić information content (AvgIpc) is 2.69. The lowest BCUT2D eigenvalue weighted by molar-refractivity contribution is 0.390. The fourth-order valence-corrected chi connectivity index (χ4v) is 3.80. The van der Waals surface area contributed by atoms with Crippen molar-refractivity contribution < 1.29 is 12.9 Å². The Kier molecular flexibility index (Phi) is 4.31. The standard InChI is InChI=1S/C13H15BrN2O3S/c1-8(11-4-6-12(14)7-5-11)16-20(17,18)13-9(2)15-19-10(13)3/h4-8,16H,1-3H3. The molecular weight excluding hydrogens is 344 g/mol. The summed E-state index contributed by atoms with van der Waals surface area (Å²) in [6.45, 7) is 4.98. The van der Waals surface area contributed by atoms with Crippen LogP contribution in [-0.2, 0) is 10.0 Å². The molecule has 2 rings (SSSR count). The van der Waals surface area contributed by atoms with Crippen molar-refractivity contribution in [1.82, 2.24) is 9.88 Å². The largest absolute Gasteiger partial charge is 0.360 e. The second kappa shape index (κ2) is 5.67. The first kappa shape index (κ1) is 15.2. The third-order valence-corrected chi connectivity index (χ3v) is 5.25. The Morgan fingerprint density at radius 2 is 1.85 bits per heavy atom. The molecule has 0 aliphatic heterocycles. The predicted octanol–water partition coefficient (Wildman–Crippen LogP) is 3.09. The van der Waals surface area contributed by atoms with Gasteiger partial charge in [0.2, 0.25) is 10.0 Å². The van der Waals surface area contributed by atoms with E-state index in [1.54, 1.807) is 20.8 Å². The molecule has 2 aromatic rings. The third kappa shape index (κ3) is 3.11. The van der Waals surface area contributed by atoms with Crippen LogP contribution in [0.2, 0.25) is 0 Å². The SMILES string of the molecule is Cc1noc(C)c1S(=O)(=O)NC(C)c1ccc(Br)cc1. The van der Waals surface area contributed by atoms with E-state index < -0.39 is 10.0 Å². The maximum atomic E-state index is 12.4. The van der Waals surface area contributed by atoms with E-state index in [0.717, 1.165) is 10.0 Å². The Hall–Kier alpha value is -1.18. The quantitative estimate of drug-likeness (QED) is 0.911. The Labute approximate surface area is 126 Å². The molecule has 0 spiro atoms. The number of aryl methyl sites for hydroxylation is 2. The maximum absolute atomic E-state index is 12.4. The molecule has 1 unspecified atom stereocenters. The van der Waals surface area contributed by atoms with Crippen molar-refractivity contribution >= 4 is 26.0 Å². The maximum Gasteiger partial charge on any atom is 0.246 e. The molecule has 1 aromatic heterocycles. The highest BCUT2D eigenvalue weighted by atomic mass is 79.9. The van der Waals surface area contributed by atoms with Crippen molar-refractivity contribution in [2.24, 2.45) is 0 Å². The lowest BCUT2D eigenvalue weighted by atomic mass is 10.1.